The first-order chi connectivity index (χ1) is 9.29. The fraction of sp³-hybridized carbons (Fsp3) is 0.429. The highest BCUT2D eigenvalue weighted by atomic mass is 16.5. The molecule has 0 saturated carbocycles. The van der Waals surface area contributed by atoms with Gasteiger partial charge in [0.2, 0.25) is 5.89 Å². The summed E-state index contributed by atoms with van der Waals surface area (Å²) in [4.78, 5) is 4.25. The average molecular weight is 261 g/mol. The summed E-state index contributed by atoms with van der Waals surface area (Å²) in [6.45, 7) is 3.12. The molecule has 1 aromatic heterocycles. The minimum Gasteiger partial charge on any atom is -0.373 e. The molecule has 0 unspecified atom stereocenters. The molecule has 0 fully saturated rings. The second-order valence-corrected chi connectivity index (χ2v) is 4.40. The maximum absolute atomic E-state index is 6.06. The van der Waals surface area contributed by atoms with Gasteiger partial charge in [0.25, 0.3) is 0 Å². The topological polar surface area (TPSA) is 74.2 Å². The molecule has 0 radical (unpaired) electrons. The van der Waals surface area contributed by atoms with Gasteiger partial charge < -0.3 is 15.0 Å². The molecule has 102 valence electrons. The monoisotopic (exact) mass is 261 g/mol. The largest absolute Gasteiger partial charge is 0.373 e. The van der Waals surface area contributed by atoms with Crippen LogP contribution in [0.3, 0.4) is 0 Å². The van der Waals surface area contributed by atoms with Crippen LogP contribution in [0.15, 0.2) is 34.9 Å². The highest BCUT2D eigenvalue weighted by Gasteiger charge is 2.15. The Kier molecular flexibility index (Phi) is 5.06. The van der Waals surface area contributed by atoms with Crippen LogP contribution in [0.25, 0.3) is 0 Å². The third kappa shape index (κ3) is 4.15. The van der Waals surface area contributed by atoms with Crippen LogP contribution in [0.1, 0.15) is 36.7 Å². The van der Waals surface area contributed by atoms with Gasteiger partial charge in [-0.05, 0) is 18.4 Å². The molecule has 19 heavy (non-hydrogen) atoms. The summed E-state index contributed by atoms with van der Waals surface area (Å²) in [5, 5.41) is 3.86. The van der Waals surface area contributed by atoms with Gasteiger partial charge in [0.1, 0.15) is 6.61 Å². The number of aromatic nitrogens is 2. The van der Waals surface area contributed by atoms with E-state index in [1.807, 2.05) is 30.3 Å². The summed E-state index contributed by atoms with van der Waals surface area (Å²) in [5.74, 6) is 1.01. The van der Waals surface area contributed by atoms with Crippen molar-refractivity contribution < 1.29 is 9.26 Å². The van der Waals surface area contributed by atoms with Crippen molar-refractivity contribution in [2.24, 2.45) is 5.73 Å². The van der Waals surface area contributed by atoms with Gasteiger partial charge in [0, 0.05) is 6.61 Å². The van der Waals surface area contributed by atoms with Crippen molar-refractivity contribution in [2.45, 2.75) is 32.4 Å². The van der Waals surface area contributed by atoms with Crippen molar-refractivity contribution in [3.8, 4) is 0 Å². The molecular formula is C14H19N3O2. The molecule has 1 heterocycles. The second-order valence-electron chi connectivity index (χ2n) is 4.40. The highest BCUT2D eigenvalue weighted by Crippen LogP contribution is 2.14. The summed E-state index contributed by atoms with van der Waals surface area (Å²) < 4.78 is 10.5. The third-order valence-corrected chi connectivity index (χ3v) is 2.68. The average Bonchev–Trinajstić information content (AvgIpc) is 2.89. The van der Waals surface area contributed by atoms with Crippen LogP contribution < -0.4 is 5.73 Å². The summed E-state index contributed by atoms with van der Waals surface area (Å²) in [5.41, 5.74) is 7.21. The number of hydrogen-bond donors (Lipinski definition) is 1. The van der Waals surface area contributed by atoms with Gasteiger partial charge in [-0.15, -0.1) is 0 Å². The molecule has 0 aliphatic rings. The Morgan fingerprint density at radius 2 is 2.11 bits per heavy atom. The molecule has 0 aliphatic heterocycles. The van der Waals surface area contributed by atoms with E-state index in [0.29, 0.717) is 31.3 Å². The van der Waals surface area contributed by atoms with Crippen molar-refractivity contribution in [1.29, 1.82) is 0 Å². The Morgan fingerprint density at radius 3 is 2.84 bits per heavy atom. The van der Waals surface area contributed by atoms with Gasteiger partial charge in [-0.25, -0.2) is 0 Å². The predicted molar refractivity (Wildman–Crippen MR) is 71.3 cm³/mol. The van der Waals surface area contributed by atoms with Crippen LogP contribution in [-0.4, -0.2) is 16.7 Å². The lowest BCUT2D eigenvalue weighted by Gasteiger charge is -2.05. The molecule has 2 rings (SSSR count). The van der Waals surface area contributed by atoms with E-state index in [1.54, 1.807) is 0 Å². The van der Waals surface area contributed by atoms with Crippen LogP contribution in [0, 0.1) is 0 Å². The van der Waals surface area contributed by atoms with E-state index < -0.39 is 0 Å². The Balaban J connectivity index is 1.90. The van der Waals surface area contributed by atoms with Gasteiger partial charge in [-0.1, -0.05) is 42.4 Å². The Labute approximate surface area is 112 Å². The van der Waals surface area contributed by atoms with E-state index in [9.17, 15) is 0 Å². The molecule has 5 heteroatoms. The maximum Gasteiger partial charge on any atom is 0.243 e. The maximum atomic E-state index is 6.06. The number of ether oxygens (including phenoxy) is 1. The molecule has 0 amide bonds. The quantitative estimate of drug-likeness (QED) is 0.774. The number of nitrogens with zero attached hydrogens (tertiary/aromatic N) is 2. The molecule has 0 spiro atoms. The van der Waals surface area contributed by atoms with Crippen molar-refractivity contribution in [2.75, 3.05) is 6.61 Å². The number of nitrogens with two attached hydrogens (primary N) is 1. The van der Waals surface area contributed by atoms with E-state index in [1.165, 1.54) is 0 Å². The zero-order chi connectivity index (χ0) is 13.5. The lowest BCUT2D eigenvalue weighted by Crippen LogP contribution is -2.13. The van der Waals surface area contributed by atoms with E-state index in [2.05, 4.69) is 17.1 Å². The molecule has 0 saturated heterocycles. The molecule has 2 aromatic rings. The van der Waals surface area contributed by atoms with Crippen LogP contribution in [0.5, 0.6) is 0 Å². The van der Waals surface area contributed by atoms with Crippen molar-refractivity contribution in [3.63, 3.8) is 0 Å². The lowest BCUT2D eigenvalue weighted by atomic mass is 10.1. The van der Waals surface area contributed by atoms with Gasteiger partial charge in [-0.3, -0.25) is 0 Å². The highest BCUT2D eigenvalue weighted by molar-refractivity contribution is 5.16. The minimum atomic E-state index is -0.283. The van der Waals surface area contributed by atoms with Crippen LogP contribution in [0.2, 0.25) is 0 Å². The zero-order valence-electron chi connectivity index (χ0n) is 11.1. The summed E-state index contributed by atoms with van der Waals surface area (Å²) >= 11 is 0. The van der Waals surface area contributed by atoms with Crippen molar-refractivity contribution in [3.05, 3.63) is 47.6 Å². The van der Waals surface area contributed by atoms with Gasteiger partial charge in [0.05, 0.1) is 6.04 Å². The van der Waals surface area contributed by atoms with Crippen molar-refractivity contribution in [1.82, 2.24) is 10.1 Å². The predicted octanol–water partition coefficient (Wildman–Crippen LogP) is 2.24. The third-order valence-electron chi connectivity index (χ3n) is 2.68. The Morgan fingerprint density at radius 1 is 1.32 bits per heavy atom. The standard InChI is InChI=1S/C14H19N3O2/c1-2-8-18-10-13-16-14(19-17-13)12(15)9-11-6-4-3-5-7-11/h3-7,12H,2,8-10,15H2,1H3/t12-/m0/s1. The van der Waals surface area contributed by atoms with E-state index >= 15 is 0 Å². The molecule has 0 bridgehead atoms. The smallest absolute Gasteiger partial charge is 0.243 e. The molecule has 1 atom stereocenters. The number of rotatable bonds is 7. The van der Waals surface area contributed by atoms with E-state index in [4.69, 9.17) is 15.0 Å². The van der Waals surface area contributed by atoms with Gasteiger partial charge in [-0.2, -0.15) is 4.98 Å². The fourth-order valence-corrected chi connectivity index (χ4v) is 1.74. The van der Waals surface area contributed by atoms with Crippen LogP contribution in [-0.2, 0) is 17.8 Å². The van der Waals surface area contributed by atoms with Crippen LogP contribution >= 0.6 is 0 Å². The Bertz CT molecular complexity index is 484. The summed E-state index contributed by atoms with van der Waals surface area (Å²) in [6.07, 6.45) is 1.65. The van der Waals surface area contributed by atoms with Gasteiger partial charge >= 0.3 is 0 Å². The van der Waals surface area contributed by atoms with Gasteiger partial charge in [0.15, 0.2) is 5.82 Å². The first kappa shape index (κ1) is 13.7. The lowest BCUT2D eigenvalue weighted by molar-refractivity contribution is 0.114. The molecule has 1 aromatic carbocycles. The molecule has 5 nitrogen and oxygen atoms in total. The SMILES string of the molecule is CCCOCc1noc([C@@H](N)Cc2ccccc2)n1. The first-order valence-electron chi connectivity index (χ1n) is 6.49. The number of benzene rings is 1. The first-order valence-corrected chi connectivity index (χ1v) is 6.49. The zero-order valence-corrected chi connectivity index (χ0v) is 11.1. The van der Waals surface area contributed by atoms with Crippen molar-refractivity contribution >= 4 is 0 Å². The number of hydrogen-bond acceptors (Lipinski definition) is 5. The Hall–Kier alpha value is -1.72. The molecular weight excluding hydrogens is 242 g/mol. The van der Waals surface area contributed by atoms with E-state index in [-0.39, 0.29) is 6.04 Å². The summed E-state index contributed by atoms with van der Waals surface area (Å²) in [7, 11) is 0. The summed E-state index contributed by atoms with van der Waals surface area (Å²) in [6, 6.07) is 9.73. The van der Waals surface area contributed by atoms with Crippen LogP contribution in [0.4, 0.5) is 0 Å². The normalized spacial score (nSPS) is 12.5. The molecule has 0 aliphatic carbocycles. The fourth-order valence-electron chi connectivity index (χ4n) is 1.74. The van der Waals surface area contributed by atoms with E-state index in [0.717, 1.165) is 12.0 Å². The second kappa shape index (κ2) is 7.01. The molecule has 2 N–H and O–H groups in total. The minimum absolute atomic E-state index is 0.283.